The van der Waals surface area contributed by atoms with Crippen molar-refractivity contribution in [2.45, 2.75) is 0 Å². The number of nitrogens with one attached hydrogen (secondary N) is 1. The number of rotatable bonds is 1. The van der Waals surface area contributed by atoms with Crippen molar-refractivity contribution in [1.29, 1.82) is 0 Å². The molecule has 1 aromatic rings. The topological polar surface area (TPSA) is 37.8 Å². The Hall–Kier alpha value is -0.640. The summed E-state index contributed by atoms with van der Waals surface area (Å²) >= 11 is 1.35. The second-order valence-corrected chi connectivity index (χ2v) is 2.01. The Labute approximate surface area is 50.8 Å². The highest BCUT2D eigenvalue weighted by Crippen LogP contribution is 1.88. The van der Waals surface area contributed by atoms with E-state index < -0.39 is 0 Å². The first-order chi connectivity index (χ1) is 3.84. The lowest BCUT2D eigenvalue weighted by Gasteiger charge is -1.87. The van der Waals surface area contributed by atoms with E-state index in [-0.39, 0.29) is 5.56 Å². The minimum absolute atomic E-state index is 0.00231. The summed E-state index contributed by atoms with van der Waals surface area (Å²) in [4.78, 5) is 10.6. The van der Waals surface area contributed by atoms with Crippen molar-refractivity contribution in [3.8, 4) is 0 Å². The molecular formula is C4H6N2OS. The number of hydrogen-bond acceptors (Lipinski definition) is 2. The van der Waals surface area contributed by atoms with Crippen molar-refractivity contribution in [3.05, 3.63) is 22.6 Å². The second-order valence-electron chi connectivity index (χ2n) is 1.28. The van der Waals surface area contributed by atoms with Crippen LogP contribution in [0.3, 0.4) is 0 Å². The van der Waals surface area contributed by atoms with Crippen LogP contribution in [0.4, 0.5) is 0 Å². The van der Waals surface area contributed by atoms with Gasteiger partial charge in [-0.25, -0.2) is 0 Å². The van der Waals surface area contributed by atoms with E-state index in [0.29, 0.717) is 0 Å². The van der Waals surface area contributed by atoms with Crippen LogP contribution in [0.25, 0.3) is 0 Å². The molecule has 0 fully saturated rings. The largest absolute Gasteiger partial charge is 0.293 e. The fraction of sp³-hybridized carbons (Fsp3) is 0.250. The van der Waals surface area contributed by atoms with E-state index in [1.165, 1.54) is 22.1 Å². The molecule has 0 spiro atoms. The molecule has 0 atom stereocenters. The lowest BCUT2D eigenvalue weighted by molar-refractivity contribution is 0.978. The van der Waals surface area contributed by atoms with E-state index in [9.17, 15) is 4.79 Å². The smallest absolute Gasteiger partial charge is 0.276 e. The average molecular weight is 130 g/mol. The van der Waals surface area contributed by atoms with Crippen LogP contribution < -0.4 is 5.56 Å². The molecule has 0 aromatic carbocycles. The van der Waals surface area contributed by atoms with Crippen LogP contribution in [-0.4, -0.2) is 15.4 Å². The standard InChI is InChI=1S/C4H6N2OS/c1-8-6-4(7)2-3-5-6/h2-3,5H,1H3. The van der Waals surface area contributed by atoms with Gasteiger partial charge in [-0.15, -0.1) is 0 Å². The monoisotopic (exact) mass is 130 g/mol. The number of H-pyrrole nitrogens is 1. The molecule has 0 saturated heterocycles. The fourth-order valence-corrected chi connectivity index (χ4v) is 0.857. The van der Waals surface area contributed by atoms with Crippen molar-refractivity contribution in [3.63, 3.8) is 0 Å². The van der Waals surface area contributed by atoms with Gasteiger partial charge in [0.25, 0.3) is 5.56 Å². The minimum atomic E-state index is -0.00231. The maximum atomic E-state index is 10.6. The maximum absolute atomic E-state index is 10.6. The number of hydrogen-bond donors (Lipinski definition) is 1. The molecule has 0 aliphatic carbocycles. The van der Waals surface area contributed by atoms with Crippen molar-refractivity contribution >= 4 is 11.9 Å². The molecule has 0 aliphatic rings. The zero-order chi connectivity index (χ0) is 5.98. The highest BCUT2D eigenvalue weighted by molar-refractivity contribution is 7.97. The zero-order valence-electron chi connectivity index (χ0n) is 4.42. The van der Waals surface area contributed by atoms with Gasteiger partial charge in [-0.3, -0.25) is 9.89 Å². The number of aromatic amines is 1. The van der Waals surface area contributed by atoms with Crippen molar-refractivity contribution in [1.82, 2.24) is 9.19 Å². The van der Waals surface area contributed by atoms with E-state index in [1.54, 1.807) is 6.20 Å². The van der Waals surface area contributed by atoms with Crippen molar-refractivity contribution in [2.24, 2.45) is 0 Å². The third-order valence-corrected chi connectivity index (χ3v) is 1.45. The van der Waals surface area contributed by atoms with Crippen LogP contribution in [0.1, 0.15) is 0 Å². The Morgan fingerprint density at radius 1 is 1.88 bits per heavy atom. The van der Waals surface area contributed by atoms with Gasteiger partial charge in [0.1, 0.15) is 0 Å². The van der Waals surface area contributed by atoms with Gasteiger partial charge in [-0.1, -0.05) is 0 Å². The quantitative estimate of drug-likeness (QED) is 0.593. The second kappa shape index (κ2) is 2.09. The fourth-order valence-electron chi connectivity index (χ4n) is 0.450. The van der Waals surface area contributed by atoms with Gasteiger partial charge in [0.05, 0.1) is 0 Å². The van der Waals surface area contributed by atoms with Crippen LogP contribution in [0, 0.1) is 0 Å². The molecular weight excluding hydrogens is 124 g/mol. The van der Waals surface area contributed by atoms with E-state index in [4.69, 9.17) is 0 Å². The third-order valence-electron chi connectivity index (χ3n) is 0.800. The van der Waals surface area contributed by atoms with Crippen LogP contribution >= 0.6 is 11.9 Å². The summed E-state index contributed by atoms with van der Waals surface area (Å²) in [7, 11) is 0. The molecule has 0 bridgehead atoms. The van der Waals surface area contributed by atoms with Crippen LogP contribution in [0.15, 0.2) is 17.1 Å². The van der Waals surface area contributed by atoms with Gasteiger partial charge in [0.15, 0.2) is 0 Å². The molecule has 0 amide bonds. The van der Waals surface area contributed by atoms with Crippen molar-refractivity contribution in [2.75, 3.05) is 6.26 Å². The molecule has 1 N–H and O–H groups in total. The molecule has 3 nitrogen and oxygen atoms in total. The first kappa shape index (κ1) is 5.50. The van der Waals surface area contributed by atoms with Gasteiger partial charge in [-0.2, -0.15) is 4.09 Å². The predicted octanol–water partition coefficient (Wildman–Crippen LogP) is 0.302. The maximum Gasteiger partial charge on any atom is 0.276 e. The lowest BCUT2D eigenvalue weighted by Crippen LogP contribution is -2.07. The Balaban J connectivity index is 3.11. The average Bonchev–Trinajstić information content (AvgIpc) is 2.14. The molecule has 4 heteroatoms. The summed E-state index contributed by atoms with van der Waals surface area (Å²) in [5.74, 6) is 0. The van der Waals surface area contributed by atoms with E-state index >= 15 is 0 Å². The van der Waals surface area contributed by atoms with Gasteiger partial charge in [0, 0.05) is 18.5 Å². The molecule has 1 rings (SSSR count). The molecule has 1 aromatic heterocycles. The molecule has 0 aliphatic heterocycles. The van der Waals surface area contributed by atoms with Gasteiger partial charge >= 0.3 is 0 Å². The molecule has 0 saturated carbocycles. The summed E-state index contributed by atoms with van der Waals surface area (Å²) in [6.45, 7) is 0. The first-order valence-corrected chi connectivity index (χ1v) is 3.33. The van der Waals surface area contributed by atoms with E-state index in [1.807, 2.05) is 6.26 Å². The minimum Gasteiger partial charge on any atom is -0.293 e. The highest BCUT2D eigenvalue weighted by atomic mass is 32.2. The molecule has 1 heterocycles. The highest BCUT2D eigenvalue weighted by Gasteiger charge is 1.87. The summed E-state index contributed by atoms with van der Waals surface area (Å²) in [6, 6.07) is 1.48. The van der Waals surface area contributed by atoms with Crippen LogP contribution in [-0.2, 0) is 0 Å². The normalized spacial score (nSPS) is 9.62. The summed E-state index contributed by atoms with van der Waals surface area (Å²) in [5, 5.41) is 2.72. The number of aromatic nitrogens is 2. The SMILES string of the molecule is CSn1[nH]ccc1=O. The molecule has 8 heavy (non-hydrogen) atoms. The zero-order valence-corrected chi connectivity index (χ0v) is 5.23. The number of nitrogens with zero attached hydrogens (tertiary/aromatic N) is 1. The first-order valence-electron chi connectivity index (χ1n) is 2.15. The van der Waals surface area contributed by atoms with Gasteiger partial charge < -0.3 is 0 Å². The Kier molecular flexibility index (Phi) is 1.43. The predicted molar refractivity (Wildman–Crippen MR) is 34.0 cm³/mol. The summed E-state index contributed by atoms with van der Waals surface area (Å²) in [5.41, 5.74) is -0.00231. The van der Waals surface area contributed by atoms with Gasteiger partial charge in [0.2, 0.25) is 0 Å². The van der Waals surface area contributed by atoms with Crippen LogP contribution in [0.5, 0.6) is 0 Å². The molecule has 0 unspecified atom stereocenters. The Morgan fingerprint density at radius 3 is 2.88 bits per heavy atom. The molecule has 44 valence electrons. The molecule has 0 radical (unpaired) electrons. The third kappa shape index (κ3) is 0.790. The summed E-state index contributed by atoms with van der Waals surface area (Å²) in [6.07, 6.45) is 3.44. The Morgan fingerprint density at radius 2 is 2.62 bits per heavy atom. The summed E-state index contributed by atoms with van der Waals surface area (Å²) < 4.78 is 1.44. The van der Waals surface area contributed by atoms with E-state index in [2.05, 4.69) is 5.10 Å². The van der Waals surface area contributed by atoms with Crippen LogP contribution in [0.2, 0.25) is 0 Å². The van der Waals surface area contributed by atoms with Gasteiger partial charge in [-0.05, 0) is 11.9 Å². The van der Waals surface area contributed by atoms with E-state index in [0.717, 1.165) is 0 Å². The lowest BCUT2D eigenvalue weighted by atomic mass is 10.7. The van der Waals surface area contributed by atoms with Crippen molar-refractivity contribution < 1.29 is 0 Å². The Bertz CT molecular complexity index is 214.